The second-order valence-electron chi connectivity index (χ2n) is 6.41. The third-order valence-corrected chi connectivity index (χ3v) is 4.43. The van der Waals surface area contributed by atoms with Crippen LogP contribution in [0.2, 0.25) is 5.02 Å². The van der Waals surface area contributed by atoms with Gasteiger partial charge in [-0.1, -0.05) is 29.8 Å². The van der Waals surface area contributed by atoms with Gasteiger partial charge in [-0.05, 0) is 38.1 Å². The summed E-state index contributed by atoms with van der Waals surface area (Å²) in [6, 6.07) is 12.0. The molecule has 0 saturated carbocycles. The van der Waals surface area contributed by atoms with Gasteiger partial charge in [0.15, 0.2) is 0 Å². The summed E-state index contributed by atoms with van der Waals surface area (Å²) in [6.07, 6.45) is -0.339. The first-order valence-corrected chi connectivity index (χ1v) is 8.63. The fourth-order valence-electron chi connectivity index (χ4n) is 3.21. The van der Waals surface area contributed by atoms with Crippen LogP contribution in [-0.4, -0.2) is 23.5 Å². The molecule has 2 atom stereocenters. The van der Waals surface area contributed by atoms with Crippen molar-refractivity contribution in [1.82, 2.24) is 0 Å². The summed E-state index contributed by atoms with van der Waals surface area (Å²) in [7, 11) is 0. The van der Waals surface area contributed by atoms with Crippen LogP contribution in [0, 0.1) is 10.1 Å². The Bertz CT molecular complexity index is 852. The number of benzene rings is 2. The average Bonchev–Trinajstić information content (AvgIpc) is 2.68. The van der Waals surface area contributed by atoms with E-state index in [1.165, 1.54) is 0 Å². The standard InChI is InChI=1S/C19H18ClNO5/c1-11(2)25-19(22)18-13-5-3-4-6-16(13)26-17-8-7-12(20)9-14(17)15(18)10-21(23)24/h3-9,11,15,18H,10H2,1-2H3/t15-,18-/m0/s1. The first-order valence-electron chi connectivity index (χ1n) is 8.25. The van der Waals surface area contributed by atoms with Crippen molar-refractivity contribution >= 4 is 17.6 Å². The lowest BCUT2D eigenvalue weighted by atomic mass is 9.81. The zero-order valence-electron chi connectivity index (χ0n) is 14.3. The summed E-state index contributed by atoms with van der Waals surface area (Å²) in [5, 5.41) is 11.8. The summed E-state index contributed by atoms with van der Waals surface area (Å²) in [5.41, 5.74) is 1.09. The second-order valence-corrected chi connectivity index (χ2v) is 6.84. The van der Waals surface area contributed by atoms with Crippen LogP contribution in [0.4, 0.5) is 0 Å². The fraction of sp³-hybridized carbons (Fsp3) is 0.316. The van der Waals surface area contributed by atoms with Crippen LogP contribution >= 0.6 is 11.6 Å². The van der Waals surface area contributed by atoms with E-state index in [0.29, 0.717) is 27.6 Å². The number of para-hydroxylation sites is 1. The van der Waals surface area contributed by atoms with Gasteiger partial charge in [-0.25, -0.2) is 0 Å². The van der Waals surface area contributed by atoms with Crippen molar-refractivity contribution in [2.75, 3.05) is 6.54 Å². The van der Waals surface area contributed by atoms with E-state index in [4.69, 9.17) is 21.1 Å². The minimum absolute atomic E-state index is 0.339. The second kappa shape index (κ2) is 7.33. The van der Waals surface area contributed by atoms with Gasteiger partial charge in [-0.15, -0.1) is 0 Å². The van der Waals surface area contributed by atoms with E-state index in [-0.39, 0.29) is 6.10 Å². The highest BCUT2D eigenvalue weighted by molar-refractivity contribution is 6.30. The summed E-state index contributed by atoms with van der Waals surface area (Å²) in [4.78, 5) is 23.8. The molecule has 1 aliphatic heterocycles. The summed E-state index contributed by atoms with van der Waals surface area (Å²) in [5.74, 6) is -1.20. The van der Waals surface area contributed by atoms with Gasteiger partial charge in [-0.2, -0.15) is 0 Å². The Hall–Kier alpha value is -2.60. The van der Waals surface area contributed by atoms with Gasteiger partial charge < -0.3 is 9.47 Å². The van der Waals surface area contributed by atoms with Crippen LogP contribution in [0.25, 0.3) is 0 Å². The fourth-order valence-corrected chi connectivity index (χ4v) is 3.39. The monoisotopic (exact) mass is 375 g/mol. The van der Waals surface area contributed by atoms with Crippen LogP contribution in [0.15, 0.2) is 42.5 Å². The number of fused-ring (bicyclic) bond motifs is 2. The molecule has 3 rings (SSSR count). The number of hydrogen-bond acceptors (Lipinski definition) is 5. The molecule has 0 saturated heterocycles. The Morgan fingerprint density at radius 1 is 1.23 bits per heavy atom. The Kier molecular flexibility index (Phi) is 5.13. The molecule has 2 aromatic rings. The SMILES string of the molecule is CC(C)OC(=O)[C@H]1c2ccccc2Oc2ccc(Cl)cc2[C@@H]1C[N+](=O)[O-]. The third kappa shape index (κ3) is 3.65. The molecule has 0 aromatic heterocycles. The van der Waals surface area contributed by atoms with E-state index in [1.807, 2.05) is 0 Å². The molecule has 6 nitrogen and oxygen atoms in total. The molecule has 136 valence electrons. The molecular formula is C19H18ClNO5. The minimum atomic E-state index is -0.862. The third-order valence-electron chi connectivity index (χ3n) is 4.20. The molecular weight excluding hydrogens is 358 g/mol. The summed E-state index contributed by atoms with van der Waals surface area (Å²) in [6.45, 7) is 3.04. The van der Waals surface area contributed by atoms with Crippen molar-refractivity contribution in [3.63, 3.8) is 0 Å². The average molecular weight is 376 g/mol. The lowest BCUT2D eigenvalue weighted by Crippen LogP contribution is -2.28. The van der Waals surface area contributed by atoms with Crippen LogP contribution in [-0.2, 0) is 9.53 Å². The van der Waals surface area contributed by atoms with E-state index in [1.54, 1.807) is 56.3 Å². The molecule has 0 spiro atoms. The number of rotatable bonds is 4. The number of nitro groups is 1. The molecule has 26 heavy (non-hydrogen) atoms. The van der Waals surface area contributed by atoms with Crippen LogP contribution in [0.3, 0.4) is 0 Å². The van der Waals surface area contributed by atoms with Crippen molar-refractivity contribution in [2.24, 2.45) is 0 Å². The van der Waals surface area contributed by atoms with E-state index >= 15 is 0 Å². The highest BCUT2D eigenvalue weighted by atomic mass is 35.5. The normalized spacial score (nSPS) is 18.3. The van der Waals surface area contributed by atoms with E-state index in [2.05, 4.69) is 0 Å². The first kappa shape index (κ1) is 18.2. The largest absolute Gasteiger partial charge is 0.462 e. The lowest BCUT2D eigenvalue weighted by Gasteiger charge is -2.23. The highest BCUT2D eigenvalue weighted by Crippen LogP contribution is 2.47. The maximum atomic E-state index is 12.9. The molecule has 1 aliphatic rings. The molecule has 7 heteroatoms. The molecule has 0 aliphatic carbocycles. The Balaban J connectivity index is 2.21. The maximum absolute atomic E-state index is 12.9. The van der Waals surface area contributed by atoms with Gasteiger partial charge in [0.1, 0.15) is 11.5 Å². The van der Waals surface area contributed by atoms with Crippen molar-refractivity contribution in [2.45, 2.75) is 31.8 Å². The quantitative estimate of drug-likeness (QED) is 0.445. The number of halogens is 1. The van der Waals surface area contributed by atoms with Gasteiger partial charge in [0.2, 0.25) is 6.54 Å². The van der Waals surface area contributed by atoms with Crippen molar-refractivity contribution in [3.8, 4) is 11.5 Å². The predicted molar refractivity (Wildman–Crippen MR) is 96.5 cm³/mol. The number of carbonyl (C=O) groups excluding carboxylic acids is 1. The number of esters is 1. The zero-order chi connectivity index (χ0) is 18.8. The van der Waals surface area contributed by atoms with Crippen molar-refractivity contribution in [3.05, 3.63) is 68.7 Å². The number of ether oxygens (including phenoxy) is 2. The van der Waals surface area contributed by atoms with Gasteiger partial charge >= 0.3 is 5.97 Å². The topological polar surface area (TPSA) is 78.7 Å². The maximum Gasteiger partial charge on any atom is 0.314 e. The molecule has 0 N–H and O–H groups in total. The van der Waals surface area contributed by atoms with Crippen LogP contribution < -0.4 is 4.74 Å². The number of carbonyl (C=O) groups is 1. The van der Waals surface area contributed by atoms with Gasteiger partial charge in [-0.3, -0.25) is 14.9 Å². The van der Waals surface area contributed by atoms with Crippen LogP contribution in [0.5, 0.6) is 11.5 Å². The van der Waals surface area contributed by atoms with Gasteiger partial charge in [0, 0.05) is 21.1 Å². The smallest absolute Gasteiger partial charge is 0.314 e. The molecule has 2 aromatic carbocycles. The molecule has 0 bridgehead atoms. The lowest BCUT2D eigenvalue weighted by molar-refractivity contribution is -0.483. The van der Waals surface area contributed by atoms with Crippen molar-refractivity contribution in [1.29, 1.82) is 0 Å². The van der Waals surface area contributed by atoms with E-state index < -0.39 is 29.3 Å². The molecule has 1 heterocycles. The zero-order valence-corrected chi connectivity index (χ0v) is 15.1. The van der Waals surface area contributed by atoms with Crippen molar-refractivity contribution < 1.29 is 19.2 Å². The first-order chi connectivity index (χ1) is 12.4. The Morgan fingerprint density at radius 2 is 1.92 bits per heavy atom. The van der Waals surface area contributed by atoms with Gasteiger partial charge in [0.05, 0.1) is 17.9 Å². The van der Waals surface area contributed by atoms with Crippen LogP contribution in [0.1, 0.15) is 36.8 Å². The summed E-state index contributed by atoms with van der Waals surface area (Å²) < 4.78 is 11.4. The molecule has 0 amide bonds. The summed E-state index contributed by atoms with van der Waals surface area (Å²) >= 11 is 6.11. The highest BCUT2D eigenvalue weighted by Gasteiger charge is 2.41. The molecule has 0 fully saturated rings. The minimum Gasteiger partial charge on any atom is -0.462 e. The number of nitrogens with zero attached hydrogens (tertiary/aromatic N) is 1. The Morgan fingerprint density at radius 3 is 2.62 bits per heavy atom. The Labute approximate surface area is 155 Å². The van der Waals surface area contributed by atoms with E-state index in [9.17, 15) is 14.9 Å². The molecule has 0 radical (unpaired) electrons. The number of hydrogen-bond donors (Lipinski definition) is 0. The van der Waals surface area contributed by atoms with E-state index in [0.717, 1.165) is 0 Å². The van der Waals surface area contributed by atoms with Gasteiger partial charge in [0.25, 0.3) is 0 Å². The predicted octanol–water partition coefficient (Wildman–Crippen LogP) is 4.54. The molecule has 0 unspecified atom stereocenters.